The van der Waals surface area contributed by atoms with Crippen LogP contribution in [-0.4, -0.2) is 12.2 Å². The first-order valence-corrected chi connectivity index (χ1v) is 4.42. The molecule has 0 aliphatic rings. The van der Waals surface area contributed by atoms with Crippen LogP contribution in [0.25, 0.3) is 0 Å². The fourth-order valence-electron chi connectivity index (χ4n) is 0.763. The van der Waals surface area contributed by atoms with E-state index >= 15 is 0 Å². The molecule has 0 aromatic heterocycles. The Hall–Kier alpha value is -1.43. The van der Waals surface area contributed by atoms with Gasteiger partial charge in [-0.05, 0) is 33.6 Å². The number of nitrogens with two attached hydrogens (primary N) is 1. The summed E-state index contributed by atoms with van der Waals surface area (Å²) >= 11 is 3.01. The van der Waals surface area contributed by atoms with Crippen LogP contribution in [0.5, 0.6) is 0 Å². The summed E-state index contributed by atoms with van der Waals surface area (Å²) in [5, 5.41) is 3.48. The van der Waals surface area contributed by atoms with Crippen molar-refractivity contribution >= 4 is 28.2 Å². The summed E-state index contributed by atoms with van der Waals surface area (Å²) < 4.78 is 13.3. The summed E-state index contributed by atoms with van der Waals surface area (Å²) in [5.41, 5.74) is 7.29. The highest BCUT2D eigenvalue weighted by Gasteiger charge is 1.98. The van der Waals surface area contributed by atoms with Crippen molar-refractivity contribution in [2.75, 3.05) is 0 Å². The lowest BCUT2D eigenvalue weighted by Crippen LogP contribution is -2.24. The monoisotopic (exact) mass is 259 g/mol. The first kappa shape index (κ1) is 10.6. The molecule has 2 amide bonds. The number of carbonyl (C=O) groups excluding carboxylic acids is 1. The van der Waals surface area contributed by atoms with Crippen LogP contribution in [0, 0.1) is 5.82 Å². The molecule has 4 nitrogen and oxygen atoms in total. The normalized spacial score (nSPS) is 10.4. The molecule has 6 heteroatoms. The van der Waals surface area contributed by atoms with Crippen molar-refractivity contribution in [1.82, 2.24) is 5.43 Å². The summed E-state index contributed by atoms with van der Waals surface area (Å²) in [6, 6.07) is 3.69. The van der Waals surface area contributed by atoms with Gasteiger partial charge >= 0.3 is 6.03 Å². The van der Waals surface area contributed by atoms with Crippen LogP contribution in [0.2, 0.25) is 0 Å². The van der Waals surface area contributed by atoms with Crippen LogP contribution in [-0.2, 0) is 0 Å². The van der Waals surface area contributed by atoms with Crippen molar-refractivity contribution in [1.29, 1.82) is 0 Å². The van der Waals surface area contributed by atoms with Crippen molar-refractivity contribution in [3.8, 4) is 0 Å². The van der Waals surface area contributed by atoms with Crippen LogP contribution in [0.15, 0.2) is 27.8 Å². The summed E-state index contributed by atoms with van der Waals surface area (Å²) in [6.45, 7) is 0. The number of hydrazone groups is 1. The third-order valence-electron chi connectivity index (χ3n) is 1.33. The summed E-state index contributed by atoms with van der Waals surface area (Å²) in [7, 11) is 0. The van der Waals surface area contributed by atoms with E-state index in [2.05, 4.69) is 21.0 Å². The zero-order valence-electron chi connectivity index (χ0n) is 7.00. The van der Waals surface area contributed by atoms with E-state index in [0.29, 0.717) is 10.0 Å². The maximum absolute atomic E-state index is 12.9. The van der Waals surface area contributed by atoms with Gasteiger partial charge in [0.2, 0.25) is 0 Å². The molecule has 0 aliphatic carbocycles. The van der Waals surface area contributed by atoms with Gasteiger partial charge in [-0.15, -0.1) is 0 Å². The molecule has 0 atom stereocenters. The second-order valence-corrected chi connectivity index (χ2v) is 3.26. The van der Waals surface area contributed by atoms with Crippen LogP contribution in [0.4, 0.5) is 9.18 Å². The van der Waals surface area contributed by atoms with E-state index in [4.69, 9.17) is 5.73 Å². The van der Waals surface area contributed by atoms with Gasteiger partial charge in [0.1, 0.15) is 5.82 Å². The molecule has 0 saturated carbocycles. The third-order valence-corrected chi connectivity index (χ3v) is 1.98. The van der Waals surface area contributed by atoms with Crippen molar-refractivity contribution in [3.63, 3.8) is 0 Å². The zero-order chi connectivity index (χ0) is 10.6. The number of hydrogen-bond acceptors (Lipinski definition) is 2. The van der Waals surface area contributed by atoms with Gasteiger partial charge in [-0.1, -0.05) is 6.07 Å². The van der Waals surface area contributed by atoms with Gasteiger partial charge < -0.3 is 5.73 Å². The number of halogens is 2. The molecule has 14 heavy (non-hydrogen) atoms. The second kappa shape index (κ2) is 4.71. The van der Waals surface area contributed by atoms with Crippen LogP contribution in [0.3, 0.4) is 0 Å². The molecule has 3 N–H and O–H groups in total. The number of benzene rings is 1. The first-order chi connectivity index (χ1) is 6.59. The third kappa shape index (κ3) is 3.14. The molecule has 0 heterocycles. The molecule has 0 radical (unpaired) electrons. The molecule has 0 spiro atoms. The number of nitrogens with zero attached hydrogens (tertiary/aromatic N) is 1. The minimum absolute atomic E-state index is 0.373. The molecule has 0 saturated heterocycles. The van der Waals surface area contributed by atoms with E-state index in [-0.39, 0.29) is 0 Å². The molecule has 0 fully saturated rings. The zero-order valence-corrected chi connectivity index (χ0v) is 8.58. The van der Waals surface area contributed by atoms with Crippen LogP contribution >= 0.6 is 15.9 Å². The SMILES string of the molecule is NC(=O)N/N=C/c1ccc(Br)c(F)c1. The molecule has 74 valence electrons. The van der Waals surface area contributed by atoms with Gasteiger partial charge in [0.25, 0.3) is 0 Å². The van der Waals surface area contributed by atoms with E-state index in [9.17, 15) is 9.18 Å². The standard InChI is InChI=1S/C8H7BrFN3O/c9-6-2-1-5(3-7(6)10)4-12-13-8(11)14/h1-4H,(H3,11,13,14)/b12-4+. The molecular formula is C8H7BrFN3O. The fraction of sp³-hybridized carbons (Fsp3) is 0. The summed E-state index contributed by atoms with van der Waals surface area (Å²) in [6.07, 6.45) is 1.29. The second-order valence-electron chi connectivity index (χ2n) is 2.41. The van der Waals surface area contributed by atoms with E-state index in [1.807, 2.05) is 5.43 Å². The fourth-order valence-corrected chi connectivity index (χ4v) is 1.01. The van der Waals surface area contributed by atoms with E-state index in [1.165, 1.54) is 12.3 Å². The Morgan fingerprint density at radius 3 is 2.93 bits per heavy atom. The largest absolute Gasteiger partial charge is 0.350 e. The molecule has 0 aliphatic heterocycles. The number of carbonyl (C=O) groups is 1. The Morgan fingerprint density at radius 2 is 2.36 bits per heavy atom. The predicted octanol–water partition coefficient (Wildman–Crippen LogP) is 1.59. The van der Waals surface area contributed by atoms with Crippen molar-refractivity contribution in [2.45, 2.75) is 0 Å². The first-order valence-electron chi connectivity index (χ1n) is 3.63. The highest BCUT2D eigenvalue weighted by atomic mass is 79.9. The lowest BCUT2D eigenvalue weighted by molar-refractivity contribution is 0.249. The van der Waals surface area contributed by atoms with E-state index in [0.717, 1.165) is 0 Å². The van der Waals surface area contributed by atoms with Crippen LogP contribution < -0.4 is 11.2 Å². The Morgan fingerprint density at radius 1 is 1.64 bits per heavy atom. The number of amides is 2. The summed E-state index contributed by atoms with van der Waals surface area (Å²) in [4.78, 5) is 10.2. The summed E-state index contributed by atoms with van der Waals surface area (Å²) in [5.74, 6) is -0.395. The minimum atomic E-state index is -0.765. The topological polar surface area (TPSA) is 67.5 Å². The van der Waals surface area contributed by atoms with Crippen LogP contribution in [0.1, 0.15) is 5.56 Å². The highest BCUT2D eigenvalue weighted by Crippen LogP contribution is 2.15. The van der Waals surface area contributed by atoms with Crippen molar-refractivity contribution in [2.24, 2.45) is 10.8 Å². The van der Waals surface area contributed by atoms with Gasteiger partial charge in [-0.25, -0.2) is 14.6 Å². The Bertz CT molecular complexity index is 381. The quantitative estimate of drug-likeness (QED) is 0.615. The molecule has 0 bridgehead atoms. The molecule has 1 aromatic carbocycles. The lowest BCUT2D eigenvalue weighted by Gasteiger charge is -1.96. The molecule has 0 unspecified atom stereocenters. The maximum atomic E-state index is 12.9. The van der Waals surface area contributed by atoms with Gasteiger partial charge in [-0.2, -0.15) is 5.10 Å². The number of nitrogens with one attached hydrogen (secondary N) is 1. The average molecular weight is 260 g/mol. The Balaban J connectivity index is 2.73. The van der Waals surface area contributed by atoms with Crippen molar-refractivity contribution < 1.29 is 9.18 Å². The number of hydrogen-bond donors (Lipinski definition) is 2. The van der Waals surface area contributed by atoms with Gasteiger partial charge in [0.05, 0.1) is 10.7 Å². The number of rotatable bonds is 2. The Kier molecular flexibility index (Phi) is 3.58. The average Bonchev–Trinajstić information content (AvgIpc) is 2.10. The van der Waals surface area contributed by atoms with Gasteiger partial charge in [-0.3, -0.25) is 0 Å². The molecule has 1 rings (SSSR count). The van der Waals surface area contributed by atoms with Crippen molar-refractivity contribution in [3.05, 3.63) is 34.1 Å². The maximum Gasteiger partial charge on any atom is 0.332 e. The predicted molar refractivity (Wildman–Crippen MR) is 54.4 cm³/mol. The Labute approximate surface area is 88.1 Å². The lowest BCUT2D eigenvalue weighted by atomic mass is 10.2. The van der Waals surface area contributed by atoms with Gasteiger partial charge in [0, 0.05) is 0 Å². The number of primary amides is 1. The smallest absolute Gasteiger partial charge is 0.332 e. The highest BCUT2D eigenvalue weighted by molar-refractivity contribution is 9.10. The molecule has 1 aromatic rings. The molecular weight excluding hydrogens is 253 g/mol. The van der Waals surface area contributed by atoms with Gasteiger partial charge in [0.15, 0.2) is 0 Å². The minimum Gasteiger partial charge on any atom is -0.350 e. The van der Waals surface area contributed by atoms with E-state index < -0.39 is 11.8 Å². The van der Waals surface area contributed by atoms with E-state index in [1.54, 1.807) is 12.1 Å². The number of urea groups is 1.